The quantitative estimate of drug-likeness (QED) is 0.322. The van der Waals surface area contributed by atoms with E-state index in [1.807, 2.05) is 0 Å². The third-order valence-corrected chi connectivity index (χ3v) is 5.71. The molecule has 0 aromatic heterocycles. The van der Waals surface area contributed by atoms with Gasteiger partial charge in [0.15, 0.2) is 0 Å². The summed E-state index contributed by atoms with van der Waals surface area (Å²) < 4.78 is 10.4. The van der Waals surface area contributed by atoms with E-state index in [1.165, 1.54) is 37.3 Å². The van der Waals surface area contributed by atoms with Gasteiger partial charge >= 0.3 is 0 Å². The first-order valence-electron chi connectivity index (χ1n) is 9.93. The number of carbonyl (C=O) groups is 2. The molecule has 0 spiro atoms. The zero-order valence-electron chi connectivity index (χ0n) is 17.8. The number of phenols is 1. The van der Waals surface area contributed by atoms with Crippen molar-refractivity contribution in [1.82, 2.24) is 0 Å². The van der Waals surface area contributed by atoms with E-state index in [0.717, 1.165) is 0 Å². The number of aliphatic hydroxyl groups is 1. The Kier molecular flexibility index (Phi) is 5.98. The van der Waals surface area contributed by atoms with E-state index in [9.17, 15) is 19.8 Å². The normalized spacial score (nSPS) is 17.3. The fourth-order valence-corrected chi connectivity index (χ4v) is 4.05. The molecule has 33 heavy (non-hydrogen) atoms. The molecular weight excluding hydrogens is 446 g/mol. The fourth-order valence-electron chi connectivity index (χ4n) is 3.80. The van der Waals surface area contributed by atoms with Crippen LogP contribution < -0.4 is 14.4 Å². The Morgan fingerprint density at radius 1 is 0.970 bits per heavy atom. The number of hydrogen-bond donors (Lipinski definition) is 2. The maximum absolute atomic E-state index is 13.2. The molecule has 4 rings (SSSR count). The number of rotatable bonds is 5. The highest BCUT2D eigenvalue weighted by molar-refractivity contribution is 6.51. The first-order valence-corrected chi connectivity index (χ1v) is 10.3. The van der Waals surface area contributed by atoms with Gasteiger partial charge in [0.1, 0.15) is 23.0 Å². The molecule has 0 radical (unpaired) electrons. The number of Topliss-reactive ketones (excluding diaryl/α,β-unsaturated/α-hetero) is 1. The molecule has 3 aromatic carbocycles. The number of hydrogen-bond acceptors (Lipinski definition) is 6. The summed E-state index contributed by atoms with van der Waals surface area (Å²) in [5.41, 5.74) is 1.10. The second-order valence-corrected chi connectivity index (χ2v) is 7.72. The molecule has 1 amide bonds. The minimum Gasteiger partial charge on any atom is -0.508 e. The number of methoxy groups -OCH3 is 2. The van der Waals surface area contributed by atoms with Crippen molar-refractivity contribution in [2.24, 2.45) is 0 Å². The summed E-state index contributed by atoms with van der Waals surface area (Å²) in [7, 11) is 2.96. The molecule has 1 atom stereocenters. The predicted molar refractivity (Wildman–Crippen MR) is 124 cm³/mol. The fraction of sp³-hybridized carbons (Fsp3) is 0.120. The van der Waals surface area contributed by atoms with Gasteiger partial charge in [0, 0.05) is 11.3 Å². The lowest BCUT2D eigenvalue weighted by atomic mass is 9.95. The van der Waals surface area contributed by atoms with E-state index >= 15 is 0 Å². The lowest BCUT2D eigenvalue weighted by Crippen LogP contribution is -2.29. The Labute approximate surface area is 195 Å². The third-order valence-electron chi connectivity index (χ3n) is 5.41. The van der Waals surface area contributed by atoms with Gasteiger partial charge in [0.05, 0.1) is 30.9 Å². The van der Waals surface area contributed by atoms with Crippen LogP contribution in [0, 0.1) is 0 Å². The Morgan fingerprint density at radius 2 is 1.70 bits per heavy atom. The van der Waals surface area contributed by atoms with E-state index in [2.05, 4.69) is 0 Å². The lowest BCUT2D eigenvalue weighted by Gasteiger charge is -2.26. The van der Waals surface area contributed by atoms with Gasteiger partial charge in [-0.2, -0.15) is 0 Å². The molecule has 0 saturated carbocycles. The molecule has 0 aliphatic carbocycles. The van der Waals surface area contributed by atoms with Crippen molar-refractivity contribution in [2.75, 3.05) is 19.1 Å². The molecular formula is C25H20ClNO6. The van der Waals surface area contributed by atoms with Crippen LogP contribution in [0.1, 0.15) is 17.2 Å². The first kappa shape index (κ1) is 22.2. The third kappa shape index (κ3) is 3.99. The van der Waals surface area contributed by atoms with Crippen molar-refractivity contribution >= 4 is 34.7 Å². The molecule has 1 fully saturated rings. The molecule has 1 saturated heterocycles. The molecule has 1 aliphatic rings. The summed E-state index contributed by atoms with van der Waals surface area (Å²) in [4.78, 5) is 27.6. The van der Waals surface area contributed by atoms with Crippen LogP contribution in [0.5, 0.6) is 17.2 Å². The van der Waals surface area contributed by atoms with E-state index in [-0.39, 0.29) is 22.1 Å². The number of ether oxygens (including phenoxy) is 2. The predicted octanol–water partition coefficient (Wildman–Crippen LogP) is 4.69. The maximum atomic E-state index is 13.2. The highest BCUT2D eigenvalue weighted by atomic mass is 35.5. The molecule has 8 heteroatoms. The highest BCUT2D eigenvalue weighted by Crippen LogP contribution is 2.44. The van der Waals surface area contributed by atoms with Crippen molar-refractivity contribution in [3.63, 3.8) is 0 Å². The Hall–Kier alpha value is -3.97. The summed E-state index contributed by atoms with van der Waals surface area (Å²) in [5, 5.41) is 21.1. The van der Waals surface area contributed by atoms with Crippen LogP contribution in [0.25, 0.3) is 5.76 Å². The van der Waals surface area contributed by atoms with Gasteiger partial charge in [0.2, 0.25) is 0 Å². The average molecular weight is 466 g/mol. The van der Waals surface area contributed by atoms with Crippen LogP contribution in [0.3, 0.4) is 0 Å². The largest absolute Gasteiger partial charge is 0.508 e. The van der Waals surface area contributed by atoms with Gasteiger partial charge in [-0.05, 0) is 48.0 Å². The van der Waals surface area contributed by atoms with Crippen molar-refractivity contribution in [3.8, 4) is 17.2 Å². The average Bonchev–Trinajstić information content (AvgIpc) is 3.09. The minimum atomic E-state index is -0.957. The van der Waals surface area contributed by atoms with Gasteiger partial charge in [-0.25, -0.2) is 0 Å². The van der Waals surface area contributed by atoms with Crippen LogP contribution in [0.15, 0.2) is 72.3 Å². The molecule has 0 bridgehead atoms. The van der Waals surface area contributed by atoms with Gasteiger partial charge in [-0.3, -0.25) is 14.5 Å². The lowest BCUT2D eigenvalue weighted by molar-refractivity contribution is -0.132. The zero-order chi connectivity index (χ0) is 23.7. The standard InChI is InChI=1S/C25H20ClNO6/c1-32-18-5-3-4-15(12-18)23(29)21-22(14-6-9-17(28)10-7-14)27(25(31)24(21)30)16-8-11-20(33-2)19(26)13-16/h3-13,22,28-29H,1-2H3/b23-21+. The number of aromatic hydroxyl groups is 1. The highest BCUT2D eigenvalue weighted by Gasteiger charge is 2.47. The monoisotopic (exact) mass is 465 g/mol. The van der Waals surface area contributed by atoms with E-state index in [4.69, 9.17) is 21.1 Å². The van der Waals surface area contributed by atoms with E-state index < -0.39 is 17.7 Å². The van der Waals surface area contributed by atoms with Crippen molar-refractivity contribution in [2.45, 2.75) is 6.04 Å². The molecule has 168 valence electrons. The summed E-state index contributed by atoms with van der Waals surface area (Å²) in [5.74, 6) is -1.09. The summed E-state index contributed by atoms with van der Waals surface area (Å²) in [6.07, 6.45) is 0. The maximum Gasteiger partial charge on any atom is 0.300 e. The molecule has 3 aromatic rings. The van der Waals surface area contributed by atoms with Gasteiger partial charge in [0.25, 0.3) is 11.7 Å². The Bertz CT molecular complexity index is 1270. The zero-order valence-corrected chi connectivity index (χ0v) is 18.5. The number of aliphatic hydroxyl groups excluding tert-OH is 1. The second-order valence-electron chi connectivity index (χ2n) is 7.31. The molecule has 2 N–H and O–H groups in total. The SMILES string of the molecule is COc1cccc(/C(O)=C2\C(=O)C(=O)N(c3ccc(OC)c(Cl)c3)C2c2ccc(O)cc2)c1. The first-order chi connectivity index (χ1) is 15.8. The van der Waals surface area contributed by atoms with Crippen LogP contribution in [-0.2, 0) is 9.59 Å². The number of halogens is 1. The number of carbonyl (C=O) groups excluding carboxylic acids is 2. The van der Waals surface area contributed by atoms with Crippen LogP contribution in [0.4, 0.5) is 5.69 Å². The molecule has 1 aliphatic heterocycles. The van der Waals surface area contributed by atoms with E-state index in [1.54, 1.807) is 48.5 Å². The molecule has 7 nitrogen and oxygen atoms in total. The summed E-state index contributed by atoms with van der Waals surface area (Å²) in [6.45, 7) is 0. The number of nitrogens with zero attached hydrogens (tertiary/aromatic N) is 1. The molecule has 1 unspecified atom stereocenters. The molecule has 1 heterocycles. The number of anilines is 1. The van der Waals surface area contributed by atoms with Gasteiger partial charge < -0.3 is 19.7 Å². The topological polar surface area (TPSA) is 96.3 Å². The Balaban J connectivity index is 1.94. The number of phenolic OH excluding ortho intramolecular Hbond substituents is 1. The smallest absolute Gasteiger partial charge is 0.300 e. The van der Waals surface area contributed by atoms with Crippen LogP contribution >= 0.6 is 11.6 Å². The second kappa shape index (κ2) is 8.88. The van der Waals surface area contributed by atoms with Crippen molar-refractivity contribution in [3.05, 3.63) is 88.5 Å². The number of ketones is 1. The van der Waals surface area contributed by atoms with Crippen LogP contribution in [-0.4, -0.2) is 36.1 Å². The van der Waals surface area contributed by atoms with Gasteiger partial charge in [-0.15, -0.1) is 0 Å². The minimum absolute atomic E-state index is 0.0241. The van der Waals surface area contributed by atoms with Crippen molar-refractivity contribution < 1.29 is 29.3 Å². The van der Waals surface area contributed by atoms with Crippen molar-refractivity contribution in [1.29, 1.82) is 0 Å². The summed E-state index contributed by atoms with van der Waals surface area (Å²) >= 11 is 6.28. The number of amides is 1. The van der Waals surface area contributed by atoms with Gasteiger partial charge in [-0.1, -0.05) is 35.9 Å². The van der Waals surface area contributed by atoms with Crippen LogP contribution in [0.2, 0.25) is 5.02 Å². The van der Waals surface area contributed by atoms with E-state index in [0.29, 0.717) is 28.3 Å². The summed E-state index contributed by atoms with van der Waals surface area (Å²) in [6, 6.07) is 16.4. The number of benzene rings is 3. The Morgan fingerprint density at radius 3 is 2.33 bits per heavy atom.